The highest BCUT2D eigenvalue weighted by molar-refractivity contribution is 5.78. The van der Waals surface area contributed by atoms with Gasteiger partial charge in [-0.25, -0.2) is 4.98 Å². The molecule has 0 aliphatic carbocycles. The van der Waals surface area contributed by atoms with Gasteiger partial charge in [0.2, 0.25) is 5.91 Å². The molecule has 116 valence electrons. The number of anilines is 1. The number of amides is 1. The van der Waals surface area contributed by atoms with Gasteiger partial charge in [-0.05, 0) is 19.3 Å². The topological polar surface area (TPSA) is 58.1 Å². The van der Waals surface area contributed by atoms with Gasteiger partial charge >= 0.3 is 0 Å². The molecule has 0 bridgehead atoms. The van der Waals surface area contributed by atoms with Crippen LogP contribution < -0.4 is 10.2 Å². The van der Waals surface area contributed by atoms with E-state index in [-0.39, 0.29) is 11.8 Å². The first-order valence-electron chi connectivity index (χ1n) is 8.10. The minimum absolute atomic E-state index is 0.157. The third-order valence-electron chi connectivity index (χ3n) is 4.07. The number of aromatic nitrogens is 2. The van der Waals surface area contributed by atoms with E-state index in [2.05, 4.69) is 27.1 Å². The van der Waals surface area contributed by atoms with Gasteiger partial charge in [-0.3, -0.25) is 9.78 Å². The molecule has 2 rings (SSSR count). The molecule has 0 atom stereocenters. The van der Waals surface area contributed by atoms with E-state index in [1.165, 1.54) is 19.3 Å². The summed E-state index contributed by atoms with van der Waals surface area (Å²) in [7, 11) is 0. The summed E-state index contributed by atoms with van der Waals surface area (Å²) < 4.78 is 0. The van der Waals surface area contributed by atoms with E-state index < -0.39 is 0 Å². The number of unbranched alkanes of at least 4 members (excludes halogenated alkanes) is 3. The molecule has 0 unspecified atom stereocenters. The Morgan fingerprint density at radius 3 is 2.76 bits per heavy atom. The van der Waals surface area contributed by atoms with Gasteiger partial charge in [-0.15, -0.1) is 0 Å². The smallest absolute Gasteiger partial charge is 0.223 e. The number of carbonyl (C=O) groups excluding carboxylic acids is 1. The highest BCUT2D eigenvalue weighted by Crippen LogP contribution is 2.21. The van der Waals surface area contributed by atoms with Crippen LogP contribution in [0.3, 0.4) is 0 Å². The monoisotopic (exact) mass is 290 g/mol. The Balaban J connectivity index is 1.67. The molecular formula is C16H26N4O. The summed E-state index contributed by atoms with van der Waals surface area (Å²) in [5.41, 5.74) is 0. The summed E-state index contributed by atoms with van der Waals surface area (Å²) in [5, 5.41) is 3.08. The van der Waals surface area contributed by atoms with Crippen molar-refractivity contribution in [1.29, 1.82) is 0 Å². The van der Waals surface area contributed by atoms with E-state index in [0.29, 0.717) is 0 Å². The van der Waals surface area contributed by atoms with Crippen LogP contribution in [0.5, 0.6) is 0 Å². The molecule has 1 amide bonds. The summed E-state index contributed by atoms with van der Waals surface area (Å²) >= 11 is 0. The van der Waals surface area contributed by atoms with Gasteiger partial charge in [-0.1, -0.05) is 26.2 Å². The van der Waals surface area contributed by atoms with Gasteiger partial charge < -0.3 is 10.2 Å². The lowest BCUT2D eigenvalue weighted by Gasteiger charge is -2.31. The molecule has 1 N–H and O–H groups in total. The molecule has 5 nitrogen and oxygen atoms in total. The van der Waals surface area contributed by atoms with E-state index >= 15 is 0 Å². The van der Waals surface area contributed by atoms with Gasteiger partial charge in [0.25, 0.3) is 0 Å². The van der Waals surface area contributed by atoms with Crippen LogP contribution >= 0.6 is 0 Å². The van der Waals surface area contributed by atoms with Gasteiger partial charge in [-0.2, -0.15) is 0 Å². The maximum absolute atomic E-state index is 12.1. The summed E-state index contributed by atoms with van der Waals surface area (Å²) in [5.74, 6) is 1.30. The van der Waals surface area contributed by atoms with Crippen LogP contribution in [-0.2, 0) is 4.79 Å². The molecule has 1 aromatic heterocycles. The summed E-state index contributed by atoms with van der Waals surface area (Å²) in [6.45, 7) is 4.78. The Morgan fingerprint density at radius 1 is 1.29 bits per heavy atom. The van der Waals surface area contributed by atoms with Crippen molar-refractivity contribution in [2.24, 2.45) is 5.92 Å². The SMILES string of the molecule is CCCCCCNC(=O)C1CCN(c2cnccn2)CC1. The zero-order chi connectivity index (χ0) is 14.9. The first-order valence-corrected chi connectivity index (χ1v) is 8.10. The van der Waals surface area contributed by atoms with E-state index in [4.69, 9.17) is 0 Å². The number of nitrogens with zero attached hydrogens (tertiary/aromatic N) is 3. The Labute approximate surface area is 127 Å². The van der Waals surface area contributed by atoms with Crippen molar-refractivity contribution in [3.63, 3.8) is 0 Å². The van der Waals surface area contributed by atoms with E-state index in [1.54, 1.807) is 18.6 Å². The molecule has 1 aliphatic rings. The average molecular weight is 290 g/mol. The maximum atomic E-state index is 12.1. The van der Waals surface area contributed by atoms with Crippen LogP contribution in [0.25, 0.3) is 0 Å². The van der Waals surface area contributed by atoms with Crippen LogP contribution in [0.4, 0.5) is 5.82 Å². The van der Waals surface area contributed by atoms with Crippen LogP contribution in [0, 0.1) is 5.92 Å². The normalized spacial score (nSPS) is 16.0. The standard InChI is InChI=1S/C16H26N4O/c1-2-3-4-5-8-19-16(21)14-6-11-20(12-7-14)15-13-17-9-10-18-15/h9-10,13-14H,2-8,11-12H2,1H3,(H,19,21). The lowest BCUT2D eigenvalue weighted by Crippen LogP contribution is -2.41. The van der Waals surface area contributed by atoms with E-state index in [1.807, 2.05) is 0 Å². The quantitative estimate of drug-likeness (QED) is 0.783. The molecular weight excluding hydrogens is 264 g/mol. The Bertz CT molecular complexity index is 416. The van der Waals surface area contributed by atoms with Crippen molar-refractivity contribution in [2.75, 3.05) is 24.5 Å². The largest absolute Gasteiger partial charge is 0.356 e. The zero-order valence-corrected chi connectivity index (χ0v) is 12.9. The highest BCUT2D eigenvalue weighted by atomic mass is 16.1. The number of hydrogen-bond donors (Lipinski definition) is 1. The Kier molecular flexibility index (Phi) is 6.44. The van der Waals surface area contributed by atoms with Gasteiger partial charge in [0.05, 0.1) is 6.20 Å². The van der Waals surface area contributed by atoms with Gasteiger partial charge in [0.15, 0.2) is 0 Å². The molecule has 21 heavy (non-hydrogen) atoms. The van der Waals surface area contributed by atoms with Gasteiger partial charge in [0, 0.05) is 37.9 Å². The first kappa shape index (κ1) is 15.7. The second-order valence-corrected chi connectivity index (χ2v) is 5.68. The van der Waals surface area contributed by atoms with Crippen molar-refractivity contribution in [3.05, 3.63) is 18.6 Å². The minimum Gasteiger partial charge on any atom is -0.356 e. The lowest BCUT2D eigenvalue weighted by atomic mass is 9.96. The number of nitrogens with one attached hydrogen (secondary N) is 1. The van der Waals surface area contributed by atoms with E-state index in [0.717, 1.165) is 44.7 Å². The fourth-order valence-electron chi connectivity index (χ4n) is 2.73. The molecule has 0 aromatic carbocycles. The third kappa shape index (κ3) is 4.99. The van der Waals surface area contributed by atoms with Crippen molar-refractivity contribution in [2.45, 2.75) is 45.4 Å². The highest BCUT2D eigenvalue weighted by Gasteiger charge is 2.25. The lowest BCUT2D eigenvalue weighted by molar-refractivity contribution is -0.125. The zero-order valence-electron chi connectivity index (χ0n) is 12.9. The number of rotatable bonds is 7. The Morgan fingerprint density at radius 2 is 2.10 bits per heavy atom. The molecule has 1 aromatic rings. The molecule has 0 radical (unpaired) electrons. The maximum Gasteiger partial charge on any atom is 0.223 e. The second-order valence-electron chi connectivity index (χ2n) is 5.68. The fourth-order valence-corrected chi connectivity index (χ4v) is 2.73. The summed E-state index contributed by atoms with van der Waals surface area (Å²) in [6.07, 6.45) is 11.8. The van der Waals surface area contributed by atoms with Gasteiger partial charge in [0.1, 0.15) is 5.82 Å². The van der Waals surface area contributed by atoms with Crippen LogP contribution in [0.2, 0.25) is 0 Å². The Hall–Kier alpha value is -1.65. The third-order valence-corrected chi connectivity index (χ3v) is 4.07. The molecule has 5 heteroatoms. The average Bonchev–Trinajstić information content (AvgIpc) is 2.55. The second kappa shape index (κ2) is 8.60. The van der Waals surface area contributed by atoms with Crippen molar-refractivity contribution in [1.82, 2.24) is 15.3 Å². The fraction of sp³-hybridized carbons (Fsp3) is 0.688. The van der Waals surface area contributed by atoms with Crippen molar-refractivity contribution < 1.29 is 4.79 Å². The molecule has 0 spiro atoms. The minimum atomic E-state index is 0.157. The van der Waals surface area contributed by atoms with Crippen molar-refractivity contribution in [3.8, 4) is 0 Å². The van der Waals surface area contributed by atoms with Crippen LogP contribution in [-0.4, -0.2) is 35.5 Å². The molecule has 1 fully saturated rings. The van der Waals surface area contributed by atoms with Crippen LogP contribution in [0.1, 0.15) is 45.4 Å². The first-order chi connectivity index (χ1) is 10.3. The molecule has 2 heterocycles. The summed E-state index contributed by atoms with van der Waals surface area (Å²) in [4.78, 5) is 22.7. The summed E-state index contributed by atoms with van der Waals surface area (Å²) in [6, 6.07) is 0. The predicted molar refractivity (Wildman–Crippen MR) is 84.1 cm³/mol. The molecule has 1 saturated heterocycles. The number of hydrogen-bond acceptors (Lipinski definition) is 4. The molecule has 0 saturated carbocycles. The molecule has 1 aliphatic heterocycles. The number of piperidine rings is 1. The number of carbonyl (C=O) groups is 1. The van der Waals surface area contributed by atoms with Crippen molar-refractivity contribution >= 4 is 11.7 Å². The van der Waals surface area contributed by atoms with E-state index in [9.17, 15) is 4.79 Å². The van der Waals surface area contributed by atoms with Crippen LogP contribution in [0.15, 0.2) is 18.6 Å². The predicted octanol–water partition coefficient (Wildman–Crippen LogP) is 2.39.